The smallest absolute Gasteiger partial charge is 0.406 e. The first-order valence-electron chi connectivity index (χ1n) is 6.14. The second-order valence-electron chi connectivity index (χ2n) is 4.58. The van der Waals surface area contributed by atoms with Gasteiger partial charge >= 0.3 is 6.36 Å². The minimum absolute atomic E-state index is 0.278. The molecule has 0 radical (unpaired) electrons. The Labute approximate surface area is 128 Å². The van der Waals surface area contributed by atoms with Gasteiger partial charge in [0.25, 0.3) is 0 Å². The van der Waals surface area contributed by atoms with Crippen molar-refractivity contribution < 1.29 is 17.9 Å². The van der Waals surface area contributed by atoms with Gasteiger partial charge < -0.3 is 10.5 Å². The average Bonchev–Trinajstić information content (AvgIpc) is 2.39. The van der Waals surface area contributed by atoms with Gasteiger partial charge in [0.05, 0.1) is 6.04 Å². The molecule has 0 heterocycles. The Morgan fingerprint density at radius 2 is 1.81 bits per heavy atom. The maximum atomic E-state index is 12.3. The molecule has 2 nitrogen and oxygen atoms in total. The topological polar surface area (TPSA) is 35.2 Å². The van der Waals surface area contributed by atoms with Gasteiger partial charge in [0.15, 0.2) is 0 Å². The van der Waals surface area contributed by atoms with E-state index in [9.17, 15) is 13.2 Å². The zero-order valence-corrected chi connectivity index (χ0v) is 12.7. The Balaban J connectivity index is 2.33. The molecule has 0 saturated heterocycles. The first kappa shape index (κ1) is 15.9. The predicted octanol–water partition coefficient (Wildman–Crippen LogP) is 4.70. The van der Waals surface area contributed by atoms with Crippen molar-refractivity contribution in [3.63, 3.8) is 0 Å². The first-order chi connectivity index (χ1) is 9.78. The minimum Gasteiger partial charge on any atom is -0.406 e. The summed E-state index contributed by atoms with van der Waals surface area (Å²) in [4.78, 5) is 0. The number of alkyl halides is 3. The third-order valence-corrected chi connectivity index (χ3v) is 4.09. The van der Waals surface area contributed by atoms with Crippen LogP contribution in [0, 0.1) is 6.92 Å². The van der Waals surface area contributed by atoms with Crippen LogP contribution in [0.15, 0.2) is 46.9 Å². The van der Waals surface area contributed by atoms with Gasteiger partial charge in [0, 0.05) is 4.47 Å². The lowest BCUT2D eigenvalue weighted by Gasteiger charge is -2.17. The number of hydrogen-bond donors (Lipinski definition) is 1. The molecule has 1 unspecified atom stereocenters. The molecule has 2 aromatic rings. The monoisotopic (exact) mass is 359 g/mol. The molecule has 2 rings (SSSR count). The molecule has 0 saturated carbocycles. The molecule has 2 aromatic carbocycles. The summed E-state index contributed by atoms with van der Waals surface area (Å²) >= 11 is 3.45. The summed E-state index contributed by atoms with van der Waals surface area (Å²) in [5.74, 6) is -0.278. The Morgan fingerprint density at radius 3 is 2.48 bits per heavy atom. The molecule has 2 N–H and O–H groups in total. The van der Waals surface area contributed by atoms with E-state index in [0.29, 0.717) is 5.56 Å². The van der Waals surface area contributed by atoms with Crippen molar-refractivity contribution in [3.05, 3.63) is 63.6 Å². The van der Waals surface area contributed by atoms with Gasteiger partial charge in [-0.2, -0.15) is 0 Å². The molecule has 0 aromatic heterocycles. The lowest BCUT2D eigenvalue weighted by molar-refractivity contribution is -0.274. The van der Waals surface area contributed by atoms with Crippen LogP contribution < -0.4 is 10.5 Å². The van der Waals surface area contributed by atoms with Crippen LogP contribution in [0.25, 0.3) is 0 Å². The van der Waals surface area contributed by atoms with E-state index in [-0.39, 0.29) is 5.75 Å². The molecule has 0 fully saturated rings. The van der Waals surface area contributed by atoms with E-state index < -0.39 is 12.4 Å². The Hall–Kier alpha value is -1.53. The highest BCUT2D eigenvalue weighted by molar-refractivity contribution is 9.10. The lowest BCUT2D eigenvalue weighted by Crippen LogP contribution is -2.18. The Morgan fingerprint density at radius 1 is 1.14 bits per heavy atom. The summed E-state index contributed by atoms with van der Waals surface area (Å²) < 4.78 is 41.5. The first-order valence-corrected chi connectivity index (χ1v) is 6.93. The minimum atomic E-state index is -4.72. The van der Waals surface area contributed by atoms with E-state index in [1.165, 1.54) is 18.2 Å². The fraction of sp³-hybridized carbons (Fsp3) is 0.200. The van der Waals surface area contributed by atoms with Gasteiger partial charge in [0.2, 0.25) is 0 Å². The number of aryl methyl sites for hydroxylation is 1. The second-order valence-corrected chi connectivity index (χ2v) is 5.37. The molecule has 0 aliphatic rings. The van der Waals surface area contributed by atoms with E-state index in [2.05, 4.69) is 20.7 Å². The summed E-state index contributed by atoms with van der Waals surface area (Å²) in [7, 11) is 0. The van der Waals surface area contributed by atoms with Crippen molar-refractivity contribution >= 4 is 15.9 Å². The fourth-order valence-corrected chi connectivity index (χ4v) is 2.51. The number of ether oxygens (including phenoxy) is 1. The van der Waals surface area contributed by atoms with E-state index >= 15 is 0 Å². The number of halogens is 4. The zero-order valence-electron chi connectivity index (χ0n) is 11.1. The molecule has 21 heavy (non-hydrogen) atoms. The fourth-order valence-electron chi connectivity index (χ4n) is 1.99. The largest absolute Gasteiger partial charge is 0.573 e. The molecular formula is C15H13BrF3NO. The molecule has 0 aliphatic heterocycles. The highest BCUT2D eigenvalue weighted by atomic mass is 79.9. The highest BCUT2D eigenvalue weighted by Gasteiger charge is 2.31. The van der Waals surface area contributed by atoms with Crippen LogP contribution in [0.5, 0.6) is 5.75 Å². The van der Waals surface area contributed by atoms with Crippen LogP contribution in [-0.2, 0) is 0 Å². The van der Waals surface area contributed by atoms with Crippen molar-refractivity contribution in [2.45, 2.75) is 19.3 Å². The predicted molar refractivity (Wildman–Crippen MR) is 78.0 cm³/mol. The van der Waals surface area contributed by atoms with E-state index in [1.54, 1.807) is 6.07 Å². The maximum Gasteiger partial charge on any atom is 0.573 e. The Bertz CT molecular complexity index is 643. The van der Waals surface area contributed by atoms with Crippen LogP contribution >= 0.6 is 15.9 Å². The molecule has 1 atom stereocenters. The second kappa shape index (κ2) is 6.07. The average molecular weight is 360 g/mol. The van der Waals surface area contributed by atoms with Crippen LogP contribution in [0.3, 0.4) is 0 Å². The zero-order chi connectivity index (χ0) is 15.6. The number of benzene rings is 2. The van der Waals surface area contributed by atoms with Gasteiger partial charge in [-0.15, -0.1) is 13.2 Å². The molecule has 0 aliphatic carbocycles. The van der Waals surface area contributed by atoms with Crippen molar-refractivity contribution in [3.8, 4) is 5.75 Å². The summed E-state index contributed by atoms with van der Waals surface area (Å²) in [5.41, 5.74) is 8.51. The third kappa shape index (κ3) is 3.98. The van der Waals surface area contributed by atoms with Gasteiger partial charge in [-0.05, 0) is 35.7 Å². The number of hydrogen-bond acceptors (Lipinski definition) is 2. The highest BCUT2D eigenvalue weighted by Crippen LogP contribution is 2.31. The van der Waals surface area contributed by atoms with Crippen molar-refractivity contribution in [1.82, 2.24) is 0 Å². The molecule has 0 bridgehead atoms. The SMILES string of the molecule is Cc1cccc(C(N)c2cccc(OC(F)(F)F)c2)c1Br. The van der Waals surface area contributed by atoms with Gasteiger partial charge in [-0.1, -0.05) is 46.3 Å². The maximum absolute atomic E-state index is 12.3. The van der Waals surface area contributed by atoms with Crippen LogP contribution in [0.2, 0.25) is 0 Å². The normalized spacial score (nSPS) is 13.0. The summed E-state index contributed by atoms with van der Waals surface area (Å²) in [6, 6.07) is 10.8. The molecule has 112 valence electrons. The van der Waals surface area contributed by atoms with E-state index in [4.69, 9.17) is 5.73 Å². The Kier molecular flexibility index (Phi) is 4.58. The molecular weight excluding hydrogens is 347 g/mol. The summed E-state index contributed by atoms with van der Waals surface area (Å²) in [5, 5.41) is 0. The molecule has 0 spiro atoms. The standard InChI is InChI=1S/C15H13BrF3NO/c1-9-4-2-7-12(13(9)16)14(20)10-5-3-6-11(8-10)21-15(17,18)19/h2-8,14H,20H2,1H3. The van der Waals surface area contributed by atoms with Crippen molar-refractivity contribution in [1.29, 1.82) is 0 Å². The lowest BCUT2D eigenvalue weighted by atomic mass is 9.98. The number of nitrogens with two attached hydrogens (primary N) is 1. The third-order valence-electron chi connectivity index (χ3n) is 3.01. The van der Waals surface area contributed by atoms with Gasteiger partial charge in [0.1, 0.15) is 5.75 Å². The van der Waals surface area contributed by atoms with Crippen LogP contribution in [-0.4, -0.2) is 6.36 Å². The van der Waals surface area contributed by atoms with Gasteiger partial charge in [-0.25, -0.2) is 0 Å². The quantitative estimate of drug-likeness (QED) is 0.861. The molecule has 6 heteroatoms. The number of rotatable bonds is 3. The van der Waals surface area contributed by atoms with Crippen LogP contribution in [0.4, 0.5) is 13.2 Å². The van der Waals surface area contributed by atoms with Gasteiger partial charge in [-0.3, -0.25) is 0 Å². The van der Waals surface area contributed by atoms with Crippen molar-refractivity contribution in [2.75, 3.05) is 0 Å². The van der Waals surface area contributed by atoms with E-state index in [0.717, 1.165) is 15.6 Å². The van der Waals surface area contributed by atoms with Crippen LogP contribution in [0.1, 0.15) is 22.7 Å². The molecule has 0 amide bonds. The van der Waals surface area contributed by atoms with E-state index in [1.807, 2.05) is 25.1 Å². The summed E-state index contributed by atoms with van der Waals surface area (Å²) in [6.07, 6.45) is -4.72. The van der Waals surface area contributed by atoms with Crippen molar-refractivity contribution in [2.24, 2.45) is 5.73 Å². The summed E-state index contributed by atoms with van der Waals surface area (Å²) in [6.45, 7) is 1.92.